The molecule has 0 radical (unpaired) electrons. The van der Waals surface area contributed by atoms with E-state index in [0.29, 0.717) is 5.56 Å². The van der Waals surface area contributed by atoms with Crippen molar-refractivity contribution in [3.63, 3.8) is 0 Å². The molecule has 1 N–H and O–H groups in total. The highest BCUT2D eigenvalue weighted by Gasteiger charge is 2.12. The molecule has 6 nitrogen and oxygen atoms in total. The number of hydrazone groups is 1. The van der Waals surface area contributed by atoms with Crippen LogP contribution < -0.4 is 5.43 Å². The van der Waals surface area contributed by atoms with Crippen molar-refractivity contribution in [2.24, 2.45) is 16.9 Å². The molecular weight excluding hydrogens is 258 g/mol. The molecular formula is C14H19N3O3. The molecule has 1 aromatic carbocycles. The molecule has 6 heteroatoms. The zero-order valence-corrected chi connectivity index (χ0v) is 12.1. The Morgan fingerprint density at radius 1 is 1.15 bits per heavy atom. The van der Waals surface area contributed by atoms with Gasteiger partial charge in [-0.1, -0.05) is 27.7 Å². The molecule has 0 spiro atoms. The zero-order valence-electron chi connectivity index (χ0n) is 12.1. The molecule has 0 fully saturated rings. The first-order valence-electron chi connectivity index (χ1n) is 6.45. The Hall–Kier alpha value is -2.24. The van der Waals surface area contributed by atoms with Crippen LogP contribution in [0, 0.1) is 22.0 Å². The first-order valence-corrected chi connectivity index (χ1v) is 6.45. The maximum absolute atomic E-state index is 11.9. The van der Waals surface area contributed by atoms with Gasteiger partial charge in [-0.2, -0.15) is 5.10 Å². The average Bonchev–Trinajstić information content (AvgIpc) is 2.38. The van der Waals surface area contributed by atoms with Gasteiger partial charge in [-0.15, -0.1) is 0 Å². The van der Waals surface area contributed by atoms with E-state index in [1.807, 2.05) is 27.7 Å². The van der Waals surface area contributed by atoms with E-state index < -0.39 is 4.92 Å². The molecule has 20 heavy (non-hydrogen) atoms. The lowest BCUT2D eigenvalue weighted by Gasteiger charge is -2.13. The maximum atomic E-state index is 11.9. The minimum Gasteiger partial charge on any atom is -0.267 e. The second kappa shape index (κ2) is 6.79. The molecule has 0 atom stereocenters. The third-order valence-electron chi connectivity index (χ3n) is 2.81. The summed E-state index contributed by atoms with van der Waals surface area (Å²) in [6, 6.07) is 5.41. The summed E-state index contributed by atoms with van der Waals surface area (Å²) in [4.78, 5) is 21.9. The van der Waals surface area contributed by atoms with Crippen molar-refractivity contribution >= 4 is 17.3 Å². The summed E-state index contributed by atoms with van der Waals surface area (Å²) in [6.45, 7) is 8.04. The molecule has 1 aromatic rings. The highest BCUT2D eigenvalue weighted by molar-refractivity contribution is 5.96. The number of hydrogen-bond donors (Lipinski definition) is 1. The molecule has 0 aliphatic carbocycles. The van der Waals surface area contributed by atoms with Crippen molar-refractivity contribution in [1.29, 1.82) is 0 Å². The van der Waals surface area contributed by atoms with E-state index >= 15 is 0 Å². The smallest absolute Gasteiger partial charge is 0.267 e. The van der Waals surface area contributed by atoms with E-state index in [1.54, 1.807) is 0 Å². The van der Waals surface area contributed by atoms with Crippen LogP contribution in [0.1, 0.15) is 38.1 Å². The lowest BCUT2D eigenvalue weighted by molar-refractivity contribution is -0.384. The first-order chi connectivity index (χ1) is 9.32. The van der Waals surface area contributed by atoms with Crippen LogP contribution in [0.4, 0.5) is 5.69 Å². The normalized spacial score (nSPS) is 10.5. The van der Waals surface area contributed by atoms with Gasteiger partial charge in [0.25, 0.3) is 11.6 Å². The van der Waals surface area contributed by atoms with Crippen LogP contribution in [0.3, 0.4) is 0 Å². The summed E-state index contributed by atoms with van der Waals surface area (Å²) < 4.78 is 0. The van der Waals surface area contributed by atoms with E-state index in [2.05, 4.69) is 10.5 Å². The number of carbonyl (C=O) groups excluding carboxylic acids is 1. The van der Waals surface area contributed by atoms with Gasteiger partial charge in [-0.25, -0.2) is 5.43 Å². The fourth-order valence-corrected chi connectivity index (χ4v) is 1.84. The van der Waals surface area contributed by atoms with Crippen LogP contribution in [0.5, 0.6) is 0 Å². The number of benzene rings is 1. The van der Waals surface area contributed by atoms with Gasteiger partial charge in [0, 0.05) is 23.4 Å². The standard InChI is InChI=1S/C14H19N3O3/c1-9(2)13(10(3)4)15-16-14(18)11-5-7-12(8-6-11)17(19)20/h5-10H,1-4H3,(H,16,18). The van der Waals surface area contributed by atoms with E-state index in [4.69, 9.17) is 0 Å². The third kappa shape index (κ3) is 4.15. The number of hydrogen-bond acceptors (Lipinski definition) is 4. The number of amides is 1. The first kappa shape index (κ1) is 15.8. The van der Waals surface area contributed by atoms with Crippen molar-refractivity contribution in [2.45, 2.75) is 27.7 Å². The lowest BCUT2D eigenvalue weighted by Crippen LogP contribution is -2.24. The monoisotopic (exact) mass is 277 g/mol. The number of nitro groups is 1. The van der Waals surface area contributed by atoms with Crippen LogP contribution in [-0.4, -0.2) is 16.5 Å². The van der Waals surface area contributed by atoms with E-state index in [9.17, 15) is 14.9 Å². The van der Waals surface area contributed by atoms with Gasteiger partial charge in [-0.3, -0.25) is 14.9 Å². The Kier molecular flexibility index (Phi) is 5.37. The molecule has 1 amide bonds. The fourth-order valence-electron chi connectivity index (χ4n) is 1.84. The summed E-state index contributed by atoms with van der Waals surface area (Å²) in [7, 11) is 0. The van der Waals surface area contributed by atoms with Crippen LogP contribution in [0.2, 0.25) is 0 Å². The molecule has 0 bridgehead atoms. The number of nitrogens with one attached hydrogen (secondary N) is 1. The minimum atomic E-state index is -0.504. The van der Waals surface area contributed by atoms with E-state index in [-0.39, 0.29) is 23.4 Å². The van der Waals surface area contributed by atoms with Gasteiger partial charge in [-0.05, 0) is 24.0 Å². The van der Waals surface area contributed by atoms with Gasteiger partial charge in [0.05, 0.1) is 4.92 Å². The van der Waals surface area contributed by atoms with Crippen molar-refractivity contribution in [1.82, 2.24) is 5.43 Å². The van der Waals surface area contributed by atoms with Gasteiger partial charge in [0.2, 0.25) is 0 Å². The number of non-ortho nitro benzene ring substituents is 1. The molecule has 1 rings (SSSR count). The predicted octanol–water partition coefficient (Wildman–Crippen LogP) is 2.99. The number of nitrogens with zero attached hydrogens (tertiary/aromatic N) is 2. The Morgan fingerprint density at radius 3 is 2.05 bits per heavy atom. The van der Waals surface area contributed by atoms with E-state index in [1.165, 1.54) is 24.3 Å². The minimum absolute atomic E-state index is 0.0462. The second-order valence-corrected chi connectivity index (χ2v) is 5.09. The van der Waals surface area contributed by atoms with Crippen molar-refractivity contribution in [3.8, 4) is 0 Å². The zero-order chi connectivity index (χ0) is 15.3. The van der Waals surface area contributed by atoms with Crippen molar-refractivity contribution in [2.75, 3.05) is 0 Å². The molecule has 0 unspecified atom stereocenters. The quantitative estimate of drug-likeness (QED) is 0.510. The fraction of sp³-hybridized carbons (Fsp3) is 0.429. The number of carbonyl (C=O) groups is 1. The Labute approximate surface area is 118 Å². The van der Waals surface area contributed by atoms with Gasteiger partial charge >= 0.3 is 0 Å². The van der Waals surface area contributed by atoms with Crippen molar-refractivity contribution < 1.29 is 9.72 Å². The number of nitro benzene ring substituents is 1. The molecule has 0 heterocycles. The molecule has 0 aliphatic rings. The van der Waals surface area contributed by atoms with E-state index in [0.717, 1.165) is 5.71 Å². The summed E-state index contributed by atoms with van der Waals surface area (Å²) in [5, 5.41) is 14.7. The highest BCUT2D eigenvalue weighted by atomic mass is 16.6. The van der Waals surface area contributed by atoms with Crippen molar-refractivity contribution in [3.05, 3.63) is 39.9 Å². The maximum Gasteiger partial charge on any atom is 0.271 e. The van der Waals surface area contributed by atoms with Crippen LogP contribution in [0.15, 0.2) is 29.4 Å². The van der Waals surface area contributed by atoms with Gasteiger partial charge in [0.15, 0.2) is 0 Å². The van der Waals surface area contributed by atoms with Crippen LogP contribution in [-0.2, 0) is 0 Å². The number of rotatable bonds is 5. The summed E-state index contributed by atoms with van der Waals surface area (Å²) in [5.74, 6) is 0.109. The summed E-state index contributed by atoms with van der Waals surface area (Å²) in [5.41, 5.74) is 3.69. The topological polar surface area (TPSA) is 84.6 Å². The predicted molar refractivity (Wildman–Crippen MR) is 77.7 cm³/mol. The second-order valence-electron chi connectivity index (χ2n) is 5.09. The highest BCUT2D eigenvalue weighted by Crippen LogP contribution is 2.12. The molecule has 0 aliphatic heterocycles. The van der Waals surface area contributed by atoms with Crippen LogP contribution in [0.25, 0.3) is 0 Å². The van der Waals surface area contributed by atoms with Gasteiger partial charge in [0.1, 0.15) is 0 Å². The molecule has 0 saturated carbocycles. The Balaban J connectivity index is 2.81. The molecule has 0 aromatic heterocycles. The molecule has 0 saturated heterocycles. The average molecular weight is 277 g/mol. The lowest BCUT2D eigenvalue weighted by atomic mass is 9.98. The van der Waals surface area contributed by atoms with Gasteiger partial charge < -0.3 is 0 Å². The molecule has 108 valence electrons. The third-order valence-corrected chi connectivity index (χ3v) is 2.81. The largest absolute Gasteiger partial charge is 0.271 e. The SMILES string of the molecule is CC(C)C(=NNC(=O)c1ccc([N+](=O)[O-])cc1)C(C)C. The van der Waals surface area contributed by atoms with Crippen LogP contribution >= 0.6 is 0 Å². The Bertz CT molecular complexity index is 509. The summed E-state index contributed by atoms with van der Waals surface area (Å²) in [6.07, 6.45) is 0. The summed E-state index contributed by atoms with van der Waals surface area (Å²) >= 11 is 0. The Morgan fingerprint density at radius 2 is 1.65 bits per heavy atom.